The summed E-state index contributed by atoms with van der Waals surface area (Å²) in [4.78, 5) is 39.0. The molecule has 0 saturated heterocycles. The average molecular weight is 395 g/mol. The second kappa shape index (κ2) is 7.74. The van der Waals surface area contributed by atoms with Crippen molar-refractivity contribution in [1.29, 1.82) is 0 Å². The van der Waals surface area contributed by atoms with Crippen LogP contribution in [0.15, 0.2) is 61.1 Å². The van der Waals surface area contributed by atoms with Crippen molar-refractivity contribution in [2.45, 2.75) is 19.1 Å². The Bertz CT molecular complexity index is 1010. The van der Waals surface area contributed by atoms with E-state index in [4.69, 9.17) is 16.3 Å². The van der Waals surface area contributed by atoms with Gasteiger partial charge in [-0.3, -0.25) is 14.6 Å². The van der Waals surface area contributed by atoms with Crippen LogP contribution in [0.5, 0.6) is 0 Å². The van der Waals surface area contributed by atoms with Gasteiger partial charge in [-0.05, 0) is 24.1 Å². The molecule has 8 heteroatoms. The first-order valence-electron chi connectivity index (χ1n) is 8.63. The highest BCUT2D eigenvalue weighted by Crippen LogP contribution is 2.35. The van der Waals surface area contributed by atoms with Crippen molar-refractivity contribution in [3.8, 4) is 0 Å². The van der Waals surface area contributed by atoms with Crippen LogP contribution in [-0.4, -0.2) is 26.8 Å². The number of pyridine rings is 1. The van der Waals surface area contributed by atoms with Crippen molar-refractivity contribution in [3.63, 3.8) is 0 Å². The molecule has 3 heterocycles. The maximum atomic E-state index is 12.8. The number of aryl methyl sites for hydroxylation is 1. The van der Waals surface area contributed by atoms with E-state index in [1.54, 1.807) is 12.1 Å². The van der Waals surface area contributed by atoms with Gasteiger partial charge in [-0.1, -0.05) is 41.9 Å². The van der Waals surface area contributed by atoms with Gasteiger partial charge in [0.15, 0.2) is 5.69 Å². The predicted molar refractivity (Wildman–Crippen MR) is 102 cm³/mol. The van der Waals surface area contributed by atoms with E-state index in [2.05, 4.69) is 15.0 Å². The lowest BCUT2D eigenvalue weighted by Gasteiger charge is -2.23. The molecule has 1 aromatic carbocycles. The fourth-order valence-corrected chi connectivity index (χ4v) is 3.07. The first kappa shape index (κ1) is 18.1. The molecule has 0 radical (unpaired) electrons. The highest BCUT2D eigenvalue weighted by molar-refractivity contribution is 6.30. The number of amides is 1. The van der Waals surface area contributed by atoms with E-state index in [1.807, 2.05) is 30.3 Å². The maximum Gasteiger partial charge on any atom is 0.308 e. The largest absolute Gasteiger partial charge is 0.435 e. The van der Waals surface area contributed by atoms with Gasteiger partial charge >= 0.3 is 5.97 Å². The predicted octanol–water partition coefficient (Wildman–Crippen LogP) is 3.36. The van der Waals surface area contributed by atoms with Crippen LogP contribution in [0.1, 0.15) is 34.4 Å². The molecule has 0 fully saturated rings. The first-order chi connectivity index (χ1) is 13.6. The Hall–Kier alpha value is -3.32. The van der Waals surface area contributed by atoms with Crippen molar-refractivity contribution in [2.24, 2.45) is 0 Å². The fraction of sp³-hybridized carbons (Fsp3) is 0.150. The molecule has 0 N–H and O–H groups in total. The van der Waals surface area contributed by atoms with Crippen LogP contribution in [0.25, 0.3) is 0 Å². The number of aromatic nitrogens is 3. The van der Waals surface area contributed by atoms with Gasteiger partial charge in [-0.15, -0.1) is 0 Å². The number of halogens is 1. The summed E-state index contributed by atoms with van der Waals surface area (Å²) in [6.45, 7) is 0. The molecule has 3 aromatic rings. The molecule has 28 heavy (non-hydrogen) atoms. The number of carbonyl (C=O) groups is 2. The molecule has 2 aromatic heterocycles. The topological polar surface area (TPSA) is 85.3 Å². The Morgan fingerprint density at radius 2 is 1.86 bits per heavy atom. The summed E-state index contributed by atoms with van der Waals surface area (Å²) in [5.74, 6) is -0.576. The van der Waals surface area contributed by atoms with E-state index in [0.29, 0.717) is 17.3 Å². The number of ether oxygens (including phenoxy) is 1. The number of fused-ring (bicyclic) bond motifs is 1. The molecule has 0 bridgehead atoms. The van der Waals surface area contributed by atoms with Gasteiger partial charge in [-0.2, -0.15) is 0 Å². The first-order valence-corrected chi connectivity index (χ1v) is 9.01. The summed E-state index contributed by atoms with van der Waals surface area (Å²) in [5.41, 5.74) is 1.45. The average Bonchev–Trinajstić information content (AvgIpc) is 3.00. The van der Waals surface area contributed by atoms with Gasteiger partial charge < -0.3 is 4.74 Å². The number of carbonyl (C=O) groups excluding carboxylic acids is 2. The Labute approximate surface area is 166 Å². The molecular formula is C20H15ClN4O3. The van der Waals surface area contributed by atoms with E-state index in [1.165, 1.54) is 23.5 Å². The summed E-state index contributed by atoms with van der Waals surface area (Å²) in [5, 5.41) is 0.431. The third-order valence-electron chi connectivity index (χ3n) is 4.28. The van der Waals surface area contributed by atoms with Gasteiger partial charge in [0.05, 0.1) is 5.02 Å². The number of hydrogen-bond donors (Lipinski definition) is 0. The molecule has 0 saturated carbocycles. The lowest BCUT2D eigenvalue weighted by Crippen LogP contribution is -2.31. The molecule has 1 unspecified atom stereocenters. The van der Waals surface area contributed by atoms with Crippen LogP contribution in [0, 0.1) is 0 Å². The van der Waals surface area contributed by atoms with Gasteiger partial charge in [0.25, 0.3) is 5.91 Å². The van der Waals surface area contributed by atoms with Crippen LogP contribution < -0.4 is 4.90 Å². The van der Waals surface area contributed by atoms with Crippen LogP contribution in [0.3, 0.4) is 0 Å². The Kier molecular flexibility index (Phi) is 4.99. The van der Waals surface area contributed by atoms with Gasteiger partial charge in [0, 0.05) is 25.0 Å². The summed E-state index contributed by atoms with van der Waals surface area (Å²) < 4.78 is 5.62. The summed E-state index contributed by atoms with van der Waals surface area (Å²) in [6, 6.07) is 12.8. The van der Waals surface area contributed by atoms with E-state index >= 15 is 0 Å². The third kappa shape index (κ3) is 3.57. The van der Waals surface area contributed by atoms with Crippen LogP contribution in [0.4, 0.5) is 5.82 Å². The molecule has 0 aliphatic carbocycles. The molecule has 4 rings (SSSR count). The fourth-order valence-electron chi connectivity index (χ4n) is 2.95. The number of rotatable bonds is 5. The standard InChI is InChI=1S/C20H15ClN4O3/c21-14-7-8-15(24-12-14)25-19(27)17-18(23-11-10-22-17)20(25)28-16(26)9-6-13-4-2-1-3-5-13/h1-5,7-8,10-12,20H,6,9H2. The van der Waals surface area contributed by atoms with Crippen molar-refractivity contribution in [2.75, 3.05) is 4.90 Å². The molecule has 1 aliphatic rings. The number of anilines is 1. The number of benzene rings is 1. The molecule has 1 aliphatic heterocycles. The van der Waals surface area contributed by atoms with E-state index in [0.717, 1.165) is 5.56 Å². The molecular weight excluding hydrogens is 380 g/mol. The number of nitrogens with zero attached hydrogens (tertiary/aromatic N) is 4. The van der Waals surface area contributed by atoms with E-state index in [9.17, 15) is 9.59 Å². The van der Waals surface area contributed by atoms with Crippen LogP contribution in [-0.2, 0) is 16.0 Å². The zero-order chi connectivity index (χ0) is 19.5. The highest BCUT2D eigenvalue weighted by Gasteiger charge is 2.43. The lowest BCUT2D eigenvalue weighted by molar-refractivity contribution is -0.149. The summed E-state index contributed by atoms with van der Waals surface area (Å²) in [7, 11) is 0. The minimum Gasteiger partial charge on any atom is -0.435 e. The minimum absolute atomic E-state index is 0.139. The molecule has 140 valence electrons. The van der Waals surface area contributed by atoms with Crippen molar-refractivity contribution >= 4 is 29.3 Å². The van der Waals surface area contributed by atoms with Crippen molar-refractivity contribution in [3.05, 3.63) is 83.0 Å². The molecule has 7 nitrogen and oxygen atoms in total. The van der Waals surface area contributed by atoms with Gasteiger partial charge in [-0.25, -0.2) is 14.9 Å². The van der Waals surface area contributed by atoms with Crippen molar-refractivity contribution < 1.29 is 14.3 Å². The molecule has 1 amide bonds. The lowest BCUT2D eigenvalue weighted by atomic mass is 10.1. The van der Waals surface area contributed by atoms with E-state index in [-0.39, 0.29) is 17.8 Å². The third-order valence-corrected chi connectivity index (χ3v) is 4.50. The van der Waals surface area contributed by atoms with Gasteiger partial charge in [0.1, 0.15) is 11.5 Å². The summed E-state index contributed by atoms with van der Waals surface area (Å²) in [6.07, 6.45) is 3.98. The molecule has 0 spiro atoms. The van der Waals surface area contributed by atoms with Crippen molar-refractivity contribution in [1.82, 2.24) is 15.0 Å². The second-order valence-electron chi connectivity index (χ2n) is 6.13. The van der Waals surface area contributed by atoms with Gasteiger partial charge in [0.2, 0.25) is 6.23 Å². The second-order valence-corrected chi connectivity index (χ2v) is 6.56. The van der Waals surface area contributed by atoms with Crippen LogP contribution >= 0.6 is 11.6 Å². The SMILES string of the molecule is O=C(CCc1ccccc1)OC1c2nccnc2C(=O)N1c1ccc(Cl)cn1. The summed E-state index contributed by atoms with van der Waals surface area (Å²) >= 11 is 5.89. The number of esters is 1. The zero-order valence-electron chi connectivity index (χ0n) is 14.7. The maximum absolute atomic E-state index is 12.8. The van der Waals surface area contributed by atoms with Crippen LogP contribution in [0.2, 0.25) is 5.02 Å². The smallest absolute Gasteiger partial charge is 0.308 e. The number of hydrogen-bond acceptors (Lipinski definition) is 6. The Balaban J connectivity index is 1.57. The Morgan fingerprint density at radius 3 is 2.61 bits per heavy atom. The normalized spacial score (nSPS) is 15.4. The Morgan fingerprint density at radius 1 is 1.07 bits per heavy atom. The quantitative estimate of drug-likeness (QED) is 0.617. The highest BCUT2D eigenvalue weighted by atomic mass is 35.5. The monoisotopic (exact) mass is 394 g/mol. The zero-order valence-corrected chi connectivity index (χ0v) is 15.4. The van der Waals surface area contributed by atoms with E-state index < -0.39 is 18.1 Å². The minimum atomic E-state index is -1.02. The molecule has 1 atom stereocenters.